The lowest BCUT2D eigenvalue weighted by Gasteiger charge is -2.11. The first-order chi connectivity index (χ1) is 15.8. The highest BCUT2D eigenvalue weighted by molar-refractivity contribution is 7.98. The second kappa shape index (κ2) is 9.21. The van der Waals surface area contributed by atoms with Crippen LogP contribution in [0.1, 0.15) is 21.5 Å². The van der Waals surface area contributed by atoms with Gasteiger partial charge in [-0.2, -0.15) is 0 Å². The summed E-state index contributed by atoms with van der Waals surface area (Å²) in [4.78, 5) is 22.4. The van der Waals surface area contributed by atoms with E-state index in [-0.39, 0.29) is 22.6 Å². The number of aryl methyl sites for hydroxylation is 1. The molecule has 0 bridgehead atoms. The number of carbonyl (C=O) groups is 1. The Morgan fingerprint density at radius 2 is 1.85 bits per heavy atom. The summed E-state index contributed by atoms with van der Waals surface area (Å²) < 4.78 is 16.3. The van der Waals surface area contributed by atoms with Gasteiger partial charge in [0.25, 0.3) is 5.69 Å². The van der Waals surface area contributed by atoms with Crippen LogP contribution in [0.25, 0.3) is 17.1 Å². The molecule has 3 aromatic carbocycles. The van der Waals surface area contributed by atoms with Gasteiger partial charge < -0.3 is 5.73 Å². The van der Waals surface area contributed by atoms with Crippen molar-refractivity contribution in [3.05, 3.63) is 99.4 Å². The summed E-state index contributed by atoms with van der Waals surface area (Å²) >= 11 is 1.21. The minimum Gasteiger partial charge on any atom is -0.366 e. The van der Waals surface area contributed by atoms with Gasteiger partial charge in [0.2, 0.25) is 5.91 Å². The van der Waals surface area contributed by atoms with Gasteiger partial charge in [0.15, 0.2) is 11.0 Å². The molecule has 1 aromatic heterocycles. The van der Waals surface area contributed by atoms with E-state index in [1.54, 1.807) is 22.8 Å². The molecule has 1 heterocycles. The van der Waals surface area contributed by atoms with Gasteiger partial charge in [0, 0.05) is 28.6 Å². The second-order valence-electron chi connectivity index (χ2n) is 7.21. The Morgan fingerprint density at radius 1 is 1.12 bits per heavy atom. The fourth-order valence-corrected chi connectivity index (χ4v) is 4.21. The van der Waals surface area contributed by atoms with Gasteiger partial charge in [-0.15, -0.1) is 10.2 Å². The third kappa shape index (κ3) is 4.60. The first kappa shape index (κ1) is 22.2. The Bertz CT molecular complexity index is 1350. The highest BCUT2D eigenvalue weighted by Crippen LogP contribution is 2.33. The van der Waals surface area contributed by atoms with Crippen molar-refractivity contribution in [2.45, 2.75) is 17.8 Å². The van der Waals surface area contributed by atoms with Gasteiger partial charge in [0.05, 0.1) is 10.5 Å². The molecule has 2 N–H and O–H groups in total. The smallest absolute Gasteiger partial charge is 0.274 e. The average molecular weight is 463 g/mol. The molecule has 0 unspecified atom stereocenters. The van der Waals surface area contributed by atoms with Gasteiger partial charge in [0.1, 0.15) is 5.82 Å². The molecule has 0 radical (unpaired) electrons. The van der Waals surface area contributed by atoms with E-state index in [4.69, 9.17) is 5.73 Å². The van der Waals surface area contributed by atoms with Crippen molar-refractivity contribution in [3.8, 4) is 17.1 Å². The van der Waals surface area contributed by atoms with Gasteiger partial charge in [-0.05, 0) is 37.3 Å². The zero-order valence-electron chi connectivity index (χ0n) is 17.4. The van der Waals surface area contributed by atoms with E-state index in [9.17, 15) is 19.3 Å². The molecule has 33 heavy (non-hydrogen) atoms. The number of primary amides is 1. The number of rotatable bonds is 7. The van der Waals surface area contributed by atoms with Gasteiger partial charge in [-0.1, -0.05) is 47.7 Å². The lowest BCUT2D eigenvalue weighted by atomic mass is 10.1. The first-order valence-corrected chi connectivity index (χ1v) is 10.8. The number of thioether (sulfide) groups is 1. The van der Waals surface area contributed by atoms with E-state index in [1.165, 1.54) is 30.0 Å². The quantitative estimate of drug-likeness (QED) is 0.242. The van der Waals surface area contributed by atoms with Crippen LogP contribution in [-0.4, -0.2) is 25.6 Å². The molecule has 10 heteroatoms. The summed E-state index contributed by atoms with van der Waals surface area (Å²) in [6.07, 6.45) is 0. The van der Waals surface area contributed by atoms with Crippen LogP contribution in [0.2, 0.25) is 0 Å². The molecular weight excluding hydrogens is 445 g/mol. The first-order valence-electron chi connectivity index (χ1n) is 9.82. The van der Waals surface area contributed by atoms with Crippen molar-refractivity contribution < 1.29 is 14.1 Å². The highest BCUT2D eigenvalue weighted by atomic mass is 32.2. The minimum atomic E-state index is -0.744. The molecule has 0 saturated heterocycles. The van der Waals surface area contributed by atoms with Gasteiger partial charge in [-0.3, -0.25) is 19.5 Å². The van der Waals surface area contributed by atoms with Crippen molar-refractivity contribution in [3.63, 3.8) is 0 Å². The Morgan fingerprint density at radius 3 is 2.52 bits per heavy atom. The zero-order chi connectivity index (χ0) is 23.5. The predicted molar refractivity (Wildman–Crippen MR) is 123 cm³/mol. The maximum Gasteiger partial charge on any atom is 0.274 e. The Kier molecular flexibility index (Phi) is 6.18. The third-order valence-electron chi connectivity index (χ3n) is 4.96. The molecule has 4 aromatic rings. The molecule has 1 amide bonds. The van der Waals surface area contributed by atoms with Crippen LogP contribution in [0.4, 0.5) is 10.1 Å². The maximum absolute atomic E-state index is 14.5. The topological polar surface area (TPSA) is 117 Å². The summed E-state index contributed by atoms with van der Waals surface area (Å²) in [6.45, 7) is 1.96. The Labute approximate surface area is 192 Å². The van der Waals surface area contributed by atoms with Crippen molar-refractivity contribution in [1.29, 1.82) is 0 Å². The Hall–Kier alpha value is -4.05. The SMILES string of the molecule is Cc1ccc(-n2c(SCc3ccc(C(N)=O)cc3[N+](=O)[O-])nnc2-c2ccccc2F)cc1. The van der Waals surface area contributed by atoms with Crippen molar-refractivity contribution in [2.75, 3.05) is 0 Å². The lowest BCUT2D eigenvalue weighted by molar-refractivity contribution is -0.385. The number of hydrogen-bond donors (Lipinski definition) is 1. The number of halogens is 1. The third-order valence-corrected chi connectivity index (χ3v) is 5.94. The van der Waals surface area contributed by atoms with E-state index in [1.807, 2.05) is 31.2 Å². The molecule has 0 aliphatic heterocycles. The van der Waals surface area contributed by atoms with Crippen molar-refractivity contribution in [1.82, 2.24) is 14.8 Å². The van der Waals surface area contributed by atoms with Gasteiger partial charge >= 0.3 is 0 Å². The summed E-state index contributed by atoms with van der Waals surface area (Å²) in [5.41, 5.74) is 7.54. The predicted octanol–water partition coefficient (Wildman–Crippen LogP) is 4.68. The number of carbonyl (C=O) groups excluding carboxylic acids is 1. The number of hydrogen-bond acceptors (Lipinski definition) is 6. The minimum absolute atomic E-state index is 0.0557. The van der Waals surface area contributed by atoms with Crippen LogP contribution in [0, 0.1) is 22.9 Å². The summed E-state index contributed by atoms with van der Waals surface area (Å²) in [7, 11) is 0. The fraction of sp³-hybridized carbons (Fsp3) is 0.0870. The summed E-state index contributed by atoms with van der Waals surface area (Å²) in [5, 5.41) is 20.4. The van der Waals surface area contributed by atoms with Crippen LogP contribution in [0.5, 0.6) is 0 Å². The van der Waals surface area contributed by atoms with E-state index in [0.717, 1.165) is 17.3 Å². The van der Waals surface area contributed by atoms with Crippen molar-refractivity contribution >= 4 is 23.4 Å². The van der Waals surface area contributed by atoms with Crippen LogP contribution in [-0.2, 0) is 5.75 Å². The van der Waals surface area contributed by atoms with Crippen LogP contribution >= 0.6 is 11.8 Å². The molecule has 0 aliphatic rings. The van der Waals surface area contributed by atoms with Crippen molar-refractivity contribution in [2.24, 2.45) is 5.73 Å². The van der Waals surface area contributed by atoms with E-state index in [2.05, 4.69) is 10.2 Å². The number of nitro benzene ring substituents is 1. The van der Waals surface area contributed by atoms with E-state index >= 15 is 0 Å². The summed E-state index contributed by atoms with van der Waals surface area (Å²) in [5.74, 6) is -0.687. The largest absolute Gasteiger partial charge is 0.366 e. The highest BCUT2D eigenvalue weighted by Gasteiger charge is 2.21. The molecule has 166 valence electrons. The van der Waals surface area contributed by atoms with E-state index in [0.29, 0.717) is 16.5 Å². The molecule has 0 spiro atoms. The number of nitrogens with two attached hydrogens (primary N) is 1. The van der Waals surface area contributed by atoms with E-state index < -0.39 is 16.6 Å². The molecule has 4 rings (SSSR count). The average Bonchev–Trinajstić information content (AvgIpc) is 3.22. The number of nitro groups is 1. The normalized spacial score (nSPS) is 10.8. The fourth-order valence-electron chi connectivity index (χ4n) is 3.26. The molecule has 0 fully saturated rings. The van der Waals surface area contributed by atoms with Crippen LogP contribution in [0.3, 0.4) is 0 Å². The monoisotopic (exact) mass is 463 g/mol. The number of benzene rings is 3. The second-order valence-corrected chi connectivity index (χ2v) is 8.15. The number of amides is 1. The van der Waals surface area contributed by atoms with Crippen LogP contribution in [0.15, 0.2) is 71.9 Å². The van der Waals surface area contributed by atoms with Gasteiger partial charge in [-0.25, -0.2) is 4.39 Å². The summed E-state index contributed by atoms with van der Waals surface area (Å²) in [6, 6.07) is 18.0. The number of aromatic nitrogens is 3. The zero-order valence-corrected chi connectivity index (χ0v) is 18.3. The molecule has 0 atom stereocenters. The molecule has 0 aliphatic carbocycles. The molecular formula is C23H18FN5O3S. The maximum atomic E-state index is 14.5. The Balaban J connectivity index is 1.75. The standard InChI is InChI=1S/C23H18FN5O3S/c1-14-6-10-17(11-7-14)28-22(18-4-2-3-5-19(18)24)26-27-23(28)33-13-16-9-8-15(21(25)30)12-20(16)29(31)32/h2-12H,13H2,1H3,(H2,25,30). The molecule has 0 saturated carbocycles. The number of nitrogens with zero attached hydrogens (tertiary/aromatic N) is 4. The van der Waals surface area contributed by atoms with Crippen LogP contribution < -0.4 is 5.73 Å². The lowest BCUT2D eigenvalue weighted by Crippen LogP contribution is -2.11. The molecule has 8 nitrogen and oxygen atoms in total.